The maximum Gasteiger partial charge on any atom is 0.309 e. The summed E-state index contributed by atoms with van der Waals surface area (Å²) >= 11 is 0. The van der Waals surface area contributed by atoms with E-state index >= 15 is 4.39 Å². The highest BCUT2D eigenvalue weighted by atomic mass is 19.1. The van der Waals surface area contributed by atoms with Crippen molar-refractivity contribution in [3.8, 4) is 17.0 Å². The van der Waals surface area contributed by atoms with Gasteiger partial charge in [-0.1, -0.05) is 6.07 Å². The molecule has 0 spiro atoms. The highest BCUT2D eigenvalue weighted by Crippen LogP contribution is 2.35. The first-order valence-corrected chi connectivity index (χ1v) is 16.3. The second-order valence-corrected chi connectivity index (χ2v) is 13.3. The van der Waals surface area contributed by atoms with Crippen LogP contribution in [0.2, 0.25) is 0 Å². The van der Waals surface area contributed by atoms with Gasteiger partial charge in [0.25, 0.3) is 0 Å². The van der Waals surface area contributed by atoms with Crippen LogP contribution in [0.1, 0.15) is 76.1 Å². The number of halogens is 2. The number of esters is 1. The number of anilines is 1. The molecule has 0 atom stereocenters. The van der Waals surface area contributed by atoms with Gasteiger partial charge >= 0.3 is 5.97 Å². The van der Waals surface area contributed by atoms with Crippen LogP contribution in [0.25, 0.3) is 11.3 Å². The summed E-state index contributed by atoms with van der Waals surface area (Å²) in [5.74, 6) is -0.796. The van der Waals surface area contributed by atoms with Crippen molar-refractivity contribution in [1.82, 2.24) is 14.9 Å². The molecule has 2 saturated heterocycles. The molecule has 0 N–H and O–H groups in total. The fourth-order valence-electron chi connectivity index (χ4n) is 6.02. The minimum Gasteiger partial charge on any atom is -0.485 e. The number of likely N-dealkylation sites (tertiary alicyclic amines) is 1. The zero-order chi connectivity index (χ0) is 32.8. The Labute approximate surface area is 271 Å². The van der Waals surface area contributed by atoms with Crippen molar-refractivity contribution in [3.63, 3.8) is 0 Å². The number of rotatable bonds is 10. The minimum absolute atomic E-state index is 0.0552. The fraction of sp³-hybridized carbons (Fsp3) is 0.528. The van der Waals surface area contributed by atoms with Gasteiger partial charge in [0.05, 0.1) is 30.6 Å². The fourth-order valence-corrected chi connectivity index (χ4v) is 6.02. The van der Waals surface area contributed by atoms with Crippen molar-refractivity contribution in [2.45, 2.75) is 78.4 Å². The summed E-state index contributed by atoms with van der Waals surface area (Å²) in [7, 11) is 0. The second kappa shape index (κ2) is 14.9. The van der Waals surface area contributed by atoms with E-state index in [1.807, 2.05) is 19.1 Å². The van der Waals surface area contributed by atoms with Crippen LogP contribution in [0.3, 0.4) is 0 Å². The number of hydrogen-bond donors (Lipinski definition) is 0. The number of carbonyl (C=O) groups is 1. The number of piperidine rings is 2. The minimum atomic E-state index is -0.790. The first-order valence-electron chi connectivity index (χ1n) is 16.3. The molecule has 5 rings (SSSR count). The van der Waals surface area contributed by atoms with E-state index in [-0.39, 0.29) is 35.4 Å². The van der Waals surface area contributed by atoms with Crippen LogP contribution in [0, 0.1) is 24.5 Å². The third kappa shape index (κ3) is 8.59. The standard InChI is InChI=1S/C36H46F2N4O4/c1-6-44-35(43)26-12-16-42(17-13-26)33-9-7-8-31(40-33)29-19-28(37)20-30(38)34(29)45-22-27-21-39-32(18-24(27)2)25-10-14-41(15-11-25)23-46-36(3,4)5/h7-9,18-21,25-26H,6,10-17,22-23H2,1-5H3. The molecule has 0 unspecified atom stereocenters. The molecule has 2 aromatic heterocycles. The van der Waals surface area contributed by atoms with Crippen LogP contribution in [0.15, 0.2) is 42.6 Å². The molecule has 8 nitrogen and oxygen atoms in total. The van der Waals surface area contributed by atoms with Crippen LogP contribution in [-0.4, -0.2) is 66.0 Å². The second-order valence-electron chi connectivity index (χ2n) is 13.3. The number of ether oxygens (including phenoxy) is 3. The molecule has 4 heterocycles. The Balaban J connectivity index is 1.25. The number of pyridine rings is 2. The Morgan fingerprint density at radius 2 is 1.76 bits per heavy atom. The van der Waals surface area contributed by atoms with E-state index in [0.717, 1.165) is 48.8 Å². The van der Waals surface area contributed by atoms with Gasteiger partial charge in [0, 0.05) is 61.2 Å². The molecule has 2 fully saturated rings. The largest absolute Gasteiger partial charge is 0.485 e. The maximum atomic E-state index is 15.2. The molecule has 46 heavy (non-hydrogen) atoms. The number of aryl methyl sites for hydroxylation is 1. The zero-order valence-corrected chi connectivity index (χ0v) is 27.7. The molecule has 1 aromatic carbocycles. The van der Waals surface area contributed by atoms with E-state index in [4.69, 9.17) is 24.2 Å². The number of carbonyl (C=O) groups excluding carboxylic acids is 1. The summed E-state index contributed by atoms with van der Waals surface area (Å²) in [6.45, 7) is 14.3. The monoisotopic (exact) mass is 636 g/mol. The molecule has 2 aliphatic heterocycles. The highest BCUT2D eigenvalue weighted by molar-refractivity contribution is 5.73. The number of nitrogens with zero attached hydrogens (tertiary/aromatic N) is 4. The van der Waals surface area contributed by atoms with Crippen molar-refractivity contribution in [1.29, 1.82) is 0 Å². The molecule has 3 aromatic rings. The average Bonchev–Trinajstić information content (AvgIpc) is 3.04. The van der Waals surface area contributed by atoms with Gasteiger partial charge < -0.3 is 19.1 Å². The topological polar surface area (TPSA) is 77.0 Å². The van der Waals surface area contributed by atoms with E-state index in [9.17, 15) is 9.18 Å². The van der Waals surface area contributed by atoms with Crippen LogP contribution in [0.4, 0.5) is 14.6 Å². The van der Waals surface area contributed by atoms with Crippen LogP contribution in [-0.2, 0) is 20.9 Å². The summed E-state index contributed by atoms with van der Waals surface area (Å²) in [5.41, 5.74) is 3.39. The van der Waals surface area contributed by atoms with Crippen LogP contribution >= 0.6 is 0 Å². The van der Waals surface area contributed by atoms with Gasteiger partial charge in [0.15, 0.2) is 11.6 Å². The van der Waals surface area contributed by atoms with E-state index < -0.39 is 11.6 Å². The number of aromatic nitrogens is 2. The Morgan fingerprint density at radius 1 is 1.02 bits per heavy atom. The van der Waals surface area contributed by atoms with Gasteiger partial charge in [-0.15, -0.1) is 0 Å². The summed E-state index contributed by atoms with van der Waals surface area (Å²) in [6.07, 6.45) is 5.14. The van der Waals surface area contributed by atoms with E-state index in [1.54, 1.807) is 19.2 Å². The molecule has 0 amide bonds. The molecule has 0 radical (unpaired) electrons. The molecule has 248 valence electrons. The third-order valence-electron chi connectivity index (χ3n) is 8.76. The highest BCUT2D eigenvalue weighted by Gasteiger charge is 2.27. The zero-order valence-electron chi connectivity index (χ0n) is 27.7. The van der Waals surface area contributed by atoms with Crippen molar-refractivity contribution in [3.05, 3.63) is 71.1 Å². The quantitative estimate of drug-likeness (QED) is 0.220. The van der Waals surface area contributed by atoms with Crippen molar-refractivity contribution < 1.29 is 27.8 Å². The molecule has 0 aliphatic carbocycles. The molecule has 0 saturated carbocycles. The Bertz CT molecular complexity index is 1500. The van der Waals surface area contributed by atoms with Gasteiger partial charge in [0.1, 0.15) is 18.2 Å². The molecule has 2 aliphatic rings. The third-order valence-corrected chi connectivity index (χ3v) is 8.76. The van der Waals surface area contributed by atoms with Crippen molar-refractivity contribution in [2.24, 2.45) is 5.92 Å². The SMILES string of the molecule is CCOC(=O)C1CCN(c2cccc(-c3cc(F)cc(F)c3OCc3cnc(C4CCN(COC(C)(C)C)CC4)cc3C)n2)CC1. The van der Waals surface area contributed by atoms with Gasteiger partial charge in [-0.25, -0.2) is 13.8 Å². The lowest BCUT2D eigenvalue weighted by Gasteiger charge is -2.33. The smallest absolute Gasteiger partial charge is 0.309 e. The Morgan fingerprint density at radius 3 is 2.43 bits per heavy atom. The molecule has 10 heteroatoms. The average molecular weight is 637 g/mol. The lowest BCUT2D eigenvalue weighted by atomic mass is 9.92. The first-order chi connectivity index (χ1) is 22.0. The normalized spacial score (nSPS) is 16.9. The van der Waals surface area contributed by atoms with Crippen molar-refractivity contribution in [2.75, 3.05) is 44.4 Å². The van der Waals surface area contributed by atoms with E-state index in [2.05, 4.69) is 36.6 Å². The van der Waals surface area contributed by atoms with Crippen LogP contribution < -0.4 is 9.64 Å². The number of benzene rings is 1. The lowest BCUT2D eigenvalue weighted by Crippen LogP contribution is -2.37. The van der Waals surface area contributed by atoms with Gasteiger partial charge in [-0.2, -0.15) is 0 Å². The first kappa shape index (κ1) is 33.7. The van der Waals surface area contributed by atoms with E-state index in [1.165, 1.54) is 6.07 Å². The summed E-state index contributed by atoms with van der Waals surface area (Å²) in [6, 6.07) is 9.59. The summed E-state index contributed by atoms with van der Waals surface area (Å²) in [5, 5.41) is 0. The van der Waals surface area contributed by atoms with E-state index in [0.29, 0.717) is 56.7 Å². The molecular weight excluding hydrogens is 590 g/mol. The molecular formula is C36H46F2N4O4. The molecule has 0 bridgehead atoms. The predicted molar refractivity (Wildman–Crippen MR) is 174 cm³/mol. The van der Waals surface area contributed by atoms with Crippen molar-refractivity contribution >= 4 is 11.8 Å². The summed E-state index contributed by atoms with van der Waals surface area (Å²) in [4.78, 5) is 26.1. The van der Waals surface area contributed by atoms with Crippen LogP contribution in [0.5, 0.6) is 5.75 Å². The van der Waals surface area contributed by atoms with Gasteiger partial charge in [-0.05, 0) is 90.1 Å². The number of hydrogen-bond acceptors (Lipinski definition) is 8. The van der Waals surface area contributed by atoms with Gasteiger partial charge in [0.2, 0.25) is 0 Å². The van der Waals surface area contributed by atoms with Gasteiger partial charge in [-0.3, -0.25) is 14.7 Å². The summed E-state index contributed by atoms with van der Waals surface area (Å²) < 4.78 is 46.9. The predicted octanol–water partition coefficient (Wildman–Crippen LogP) is 7.04. The lowest BCUT2D eigenvalue weighted by molar-refractivity contribution is -0.148. The Kier molecular flexibility index (Phi) is 10.9. The maximum absolute atomic E-state index is 15.2. The Hall–Kier alpha value is -3.63.